The average molecular weight is 956 g/mol. The van der Waals surface area contributed by atoms with Crippen LogP contribution < -0.4 is 20.1 Å². The smallest absolute Gasteiger partial charge is 0.191 e. The minimum absolute atomic E-state index is 0. The molecule has 0 fully saturated rings. The Balaban J connectivity index is 0.00000703. The molecule has 0 aliphatic heterocycles. The molecule has 7 heteroatoms. The van der Waals surface area contributed by atoms with Crippen molar-refractivity contribution in [1.82, 2.24) is 0 Å². The Hall–Kier alpha value is -6.66. The summed E-state index contributed by atoms with van der Waals surface area (Å²) in [6.45, 7) is 25.5. The minimum atomic E-state index is -0.327. The number of nitrogens with one attached hydrogen (secondary N) is 2. The topological polar surface area (TPSA) is 76.7 Å². The van der Waals surface area contributed by atoms with Crippen LogP contribution in [0.5, 0.6) is 23.0 Å². The SMILES string of the molecule is CC(C)(C)C1=C/C(=C/Nc2ccccc2Oc2ccc3ccccc3c2-c2c(Oc3ccccc3N/C=C3\C=C(C(C)(C)C)C=C(C(C)(C)C)C3=O)ccc3ccccc23)C(=O)C(C(C)(C)C)=C1.[Mn]. The van der Waals surface area contributed by atoms with Crippen molar-refractivity contribution in [3.8, 4) is 34.1 Å². The van der Waals surface area contributed by atoms with Gasteiger partial charge in [-0.2, -0.15) is 0 Å². The normalized spacial score (nSPS) is 15.9. The molecule has 0 aromatic heterocycles. The van der Waals surface area contributed by atoms with Crippen LogP contribution in [0, 0.1) is 21.7 Å². The van der Waals surface area contributed by atoms with Gasteiger partial charge in [0.1, 0.15) is 11.5 Å². The number of allylic oxidation sites excluding steroid dienone is 10. The van der Waals surface area contributed by atoms with Crippen molar-refractivity contribution < 1.29 is 36.1 Å². The van der Waals surface area contributed by atoms with Gasteiger partial charge in [0.15, 0.2) is 23.1 Å². The summed E-state index contributed by atoms with van der Waals surface area (Å²) in [5.74, 6) is 2.45. The van der Waals surface area contributed by atoms with Crippen LogP contribution in [0.1, 0.15) is 83.1 Å². The fourth-order valence-electron chi connectivity index (χ4n) is 8.58. The molecule has 0 atom stereocenters. The van der Waals surface area contributed by atoms with Crippen molar-refractivity contribution in [2.24, 2.45) is 21.7 Å². The molecule has 8 rings (SSSR count). The number of rotatable bonds is 9. The fourth-order valence-corrected chi connectivity index (χ4v) is 8.58. The van der Waals surface area contributed by atoms with Crippen LogP contribution in [0.2, 0.25) is 0 Å². The second-order valence-corrected chi connectivity index (χ2v) is 22.0. The van der Waals surface area contributed by atoms with E-state index >= 15 is 0 Å². The molecule has 0 unspecified atom stereocenters. The van der Waals surface area contributed by atoms with Crippen molar-refractivity contribution in [1.29, 1.82) is 0 Å². The van der Waals surface area contributed by atoms with E-state index in [0.717, 1.165) is 55.0 Å². The second kappa shape index (κ2) is 19.4. The van der Waals surface area contributed by atoms with E-state index in [1.54, 1.807) is 12.4 Å². The maximum absolute atomic E-state index is 14.0. The molecule has 6 nitrogen and oxygen atoms in total. The number of para-hydroxylation sites is 4. The van der Waals surface area contributed by atoms with Gasteiger partial charge in [0.2, 0.25) is 0 Å². The Kier molecular flexibility index (Phi) is 14.1. The van der Waals surface area contributed by atoms with Crippen LogP contribution in [0.3, 0.4) is 0 Å². The zero-order chi connectivity index (χ0) is 48.8. The first-order valence-electron chi connectivity index (χ1n) is 23.6. The maximum Gasteiger partial charge on any atom is 0.191 e. The van der Waals surface area contributed by atoms with E-state index < -0.39 is 0 Å². The van der Waals surface area contributed by atoms with Crippen molar-refractivity contribution in [3.05, 3.63) is 191 Å². The zero-order valence-corrected chi connectivity index (χ0v) is 43.2. The summed E-state index contributed by atoms with van der Waals surface area (Å²) in [7, 11) is 0. The number of benzene rings is 6. The molecule has 6 aromatic carbocycles. The van der Waals surface area contributed by atoms with Gasteiger partial charge in [-0.3, -0.25) is 9.59 Å². The summed E-state index contributed by atoms with van der Waals surface area (Å²) in [6, 6.07) is 40.4. The molecule has 0 bridgehead atoms. The third kappa shape index (κ3) is 10.8. The molecule has 69 heavy (non-hydrogen) atoms. The Labute approximate surface area is 419 Å². The Morgan fingerprint density at radius 3 is 1.10 bits per heavy atom. The molecule has 0 saturated carbocycles. The Morgan fingerprint density at radius 1 is 0.391 bits per heavy atom. The summed E-state index contributed by atoms with van der Waals surface area (Å²) in [4.78, 5) is 28.0. The molecule has 0 amide bonds. The Morgan fingerprint density at radius 2 is 0.739 bits per heavy atom. The van der Waals surface area contributed by atoms with E-state index in [2.05, 4.69) is 142 Å². The van der Waals surface area contributed by atoms with Gasteiger partial charge >= 0.3 is 0 Å². The van der Waals surface area contributed by atoms with Gasteiger partial charge in [-0.05, 0) is 103 Å². The number of ketones is 2. The van der Waals surface area contributed by atoms with Crippen LogP contribution in [-0.4, -0.2) is 11.6 Å². The summed E-state index contributed by atoms with van der Waals surface area (Å²) in [6.07, 6.45) is 11.7. The predicted octanol–water partition coefficient (Wildman–Crippen LogP) is 16.9. The van der Waals surface area contributed by atoms with Gasteiger partial charge in [0.05, 0.1) is 11.4 Å². The molecule has 0 saturated heterocycles. The van der Waals surface area contributed by atoms with Gasteiger partial charge < -0.3 is 20.1 Å². The zero-order valence-electron chi connectivity index (χ0n) is 42.0. The third-order valence-electron chi connectivity index (χ3n) is 12.6. The van der Waals surface area contributed by atoms with Crippen molar-refractivity contribution in [3.63, 3.8) is 0 Å². The second-order valence-electron chi connectivity index (χ2n) is 22.0. The van der Waals surface area contributed by atoms with Crippen molar-refractivity contribution in [2.75, 3.05) is 10.6 Å². The number of Topliss-reactive ketones (excluding diaryl/α,β-unsaturated/α-hetero) is 2. The average Bonchev–Trinajstić information content (AvgIpc) is 3.27. The van der Waals surface area contributed by atoms with E-state index in [0.29, 0.717) is 45.5 Å². The number of fused-ring (bicyclic) bond motifs is 2. The first-order valence-corrected chi connectivity index (χ1v) is 23.6. The van der Waals surface area contributed by atoms with E-state index in [1.807, 2.05) is 97.1 Å². The summed E-state index contributed by atoms with van der Waals surface area (Å²) < 4.78 is 14.1. The molecule has 353 valence electrons. The number of anilines is 2. The standard InChI is InChI=1S/C62H64N2O4.Mn/c1-59(2,3)43-33-41(57(65)47(35-43)61(7,8)9)37-63-49-25-17-19-27-51(49)67-53-31-29-39-21-13-15-23-45(39)55(53)56-46-24-16-14-22-40(46)30-32-54(56)68-52-28-20-18-26-50(52)64-38-42-34-44(60(4,5)6)36-48(58(42)66)62(10,11)12;/h13-38,63-64H,1-12H3;/b41-37-,42-38+;. The van der Waals surface area contributed by atoms with Crippen LogP contribution in [0.4, 0.5) is 11.4 Å². The molecule has 2 aliphatic carbocycles. The third-order valence-corrected chi connectivity index (χ3v) is 12.6. The number of hydrogen-bond acceptors (Lipinski definition) is 6. The van der Waals surface area contributed by atoms with Crippen LogP contribution in [0.25, 0.3) is 32.7 Å². The van der Waals surface area contributed by atoms with Gasteiger partial charge in [-0.15, -0.1) is 0 Å². The van der Waals surface area contributed by atoms with Crippen LogP contribution in [-0.2, 0) is 26.7 Å². The Bertz CT molecular complexity index is 2970. The van der Waals surface area contributed by atoms with E-state index in [1.165, 1.54) is 0 Å². The van der Waals surface area contributed by atoms with Gasteiger partial charge in [-0.1, -0.05) is 180 Å². The van der Waals surface area contributed by atoms with Crippen molar-refractivity contribution in [2.45, 2.75) is 83.1 Å². The molecular formula is C62H64MnN2O4. The first-order chi connectivity index (χ1) is 32.1. The maximum atomic E-state index is 14.0. The largest absolute Gasteiger partial charge is 0.455 e. The number of carbonyl (C=O) groups is 2. The van der Waals surface area contributed by atoms with Crippen LogP contribution in [0.15, 0.2) is 191 Å². The summed E-state index contributed by atoms with van der Waals surface area (Å²) >= 11 is 0. The molecule has 0 spiro atoms. The van der Waals surface area contributed by atoms with E-state index in [4.69, 9.17) is 9.47 Å². The molecule has 2 aliphatic rings. The quantitative estimate of drug-likeness (QED) is 0.111. The predicted molar refractivity (Wildman–Crippen MR) is 283 cm³/mol. The van der Waals surface area contributed by atoms with Crippen molar-refractivity contribution >= 4 is 44.5 Å². The van der Waals surface area contributed by atoms with Gasteiger partial charge in [0.25, 0.3) is 0 Å². The van der Waals surface area contributed by atoms with Crippen LogP contribution >= 0.6 is 0 Å². The monoisotopic (exact) mass is 955 g/mol. The van der Waals surface area contributed by atoms with Gasteiger partial charge in [-0.25, -0.2) is 0 Å². The molecule has 2 N–H and O–H groups in total. The molecular weight excluding hydrogens is 892 g/mol. The first kappa shape index (κ1) is 50.2. The van der Waals surface area contributed by atoms with E-state index in [9.17, 15) is 9.59 Å². The number of ether oxygens (including phenoxy) is 2. The number of carbonyl (C=O) groups excluding carboxylic acids is 2. The molecule has 6 aromatic rings. The number of hydrogen-bond donors (Lipinski definition) is 2. The minimum Gasteiger partial charge on any atom is -0.455 e. The summed E-state index contributed by atoms with van der Waals surface area (Å²) in [5, 5.41) is 11.0. The summed E-state index contributed by atoms with van der Waals surface area (Å²) in [5.41, 5.74) is 7.14. The van der Waals surface area contributed by atoms with Gasteiger partial charge in [0, 0.05) is 62.9 Å². The fraction of sp³-hybridized carbons (Fsp3) is 0.258. The van der Waals surface area contributed by atoms with E-state index in [-0.39, 0.29) is 50.3 Å². The molecule has 1 radical (unpaired) electrons. The molecule has 0 heterocycles.